The maximum Gasteiger partial charge on any atom is 0.411 e. The smallest absolute Gasteiger partial charge is 0.411 e. The number of nitrogens with zero attached hydrogens (tertiary/aromatic N) is 3. The molecule has 1 aliphatic rings. The molecule has 1 saturated heterocycles. The Labute approximate surface area is 335 Å². The van der Waals surface area contributed by atoms with Gasteiger partial charge in [-0.25, -0.2) is 32.4 Å². The molecule has 0 atom stereocenters. The SMILES string of the molecule is CCCCOC(=O)Nc1cc(NC(=O)OC)c(O)c(N2CCS(=O)(=O)CC2)c1.CNC(=O)Nc1ccc(OC(=O)c2ccc([N+](=O)[O-])cc2[N+](=O)[O-])c(NC(=O)NC)c1. The van der Waals surface area contributed by atoms with Crippen LogP contribution in [-0.2, 0) is 19.3 Å². The van der Waals surface area contributed by atoms with E-state index in [1.54, 1.807) is 4.90 Å². The third kappa shape index (κ3) is 13.6. The largest absolute Gasteiger partial charge is 0.504 e. The summed E-state index contributed by atoms with van der Waals surface area (Å²) in [6, 6.07) is 7.98. The molecule has 4 rings (SSSR count). The van der Waals surface area contributed by atoms with Crippen LogP contribution in [0.25, 0.3) is 0 Å². The van der Waals surface area contributed by atoms with E-state index in [-0.39, 0.29) is 71.1 Å². The first-order chi connectivity index (χ1) is 27.9. The molecule has 24 nitrogen and oxygen atoms in total. The van der Waals surface area contributed by atoms with Crippen molar-refractivity contribution in [3.8, 4) is 11.5 Å². The number of amides is 6. The number of nitrogens with one attached hydrogen (secondary N) is 6. The van der Waals surface area contributed by atoms with E-state index in [9.17, 15) is 57.7 Å². The number of unbranched alkanes of at least 4 members (excludes halogenated alkanes) is 1. The highest BCUT2D eigenvalue weighted by molar-refractivity contribution is 7.91. The molecule has 3 aromatic rings. The minimum absolute atomic E-state index is 0.0154. The number of carbonyl (C=O) groups is 5. The second-order valence-corrected chi connectivity index (χ2v) is 14.3. The Hall–Kier alpha value is -7.44. The lowest BCUT2D eigenvalue weighted by Crippen LogP contribution is -2.40. The van der Waals surface area contributed by atoms with E-state index in [0.29, 0.717) is 6.07 Å². The summed E-state index contributed by atoms with van der Waals surface area (Å²) in [5.74, 6) is -1.74. The average molecular weight is 848 g/mol. The number of ether oxygens (including phenoxy) is 3. The van der Waals surface area contributed by atoms with Gasteiger partial charge in [0, 0.05) is 44.6 Å². The van der Waals surface area contributed by atoms with Crippen molar-refractivity contribution in [2.75, 3.05) is 78.6 Å². The van der Waals surface area contributed by atoms with E-state index in [2.05, 4.69) is 36.6 Å². The zero-order valence-electron chi connectivity index (χ0n) is 32.0. The van der Waals surface area contributed by atoms with Gasteiger partial charge in [-0.1, -0.05) is 13.3 Å². The monoisotopic (exact) mass is 847 g/mol. The van der Waals surface area contributed by atoms with Crippen LogP contribution in [0.4, 0.5) is 59.0 Å². The van der Waals surface area contributed by atoms with Crippen LogP contribution in [0, 0.1) is 20.2 Å². The highest BCUT2D eigenvalue weighted by Crippen LogP contribution is 2.39. The molecule has 0 radical (unpaired) electrons. The number of urea groups is 2. The molecule has 1 fully saturated rings. The molecular weight excluding hydrogens is 806 g/mol. The molecule has 7 N–H and O–H groups in total. The Kier molecular flexibility index (Phi) is 16.5. The molecule has 0 aromatic heterocycles. The molecule has 59 heavy (non-hydrogen) atoms. The van der Waals surface area contributed by atoms with Gasteiger partial charge >= 0.3 is 30.2 Å². The minimum atomic E-state index is -3.11. The van der Waals surface area contributed by atoms with Gasteiger partial charge in [0.1, 0.15) is 5.56 Å². The Balaban J connectivity index is 0.000000317. The van der Waals surface area contributed by atoms with E-state index in [0.717, 1.165) is 25.0 Å². The number of nitro groups is 2. The topological polar surface area (TPSA) is 329 Å². The van der Waals surface area contributed by atoms with Crippen molar-refractivity contribution in [1.82, 2.24) is 10.6 Å². The number of hydrogen-bond donors (Lipinski definition) is 7. The summed E-state index contributed by atoms with van der Waals surface area (Å²) in [5.41, 5.74) is -1.15. The van der Waals surface area contributed by atoms with Gasteiger partial charge in [-0.2, -0.15) is 0 Å². The van der Waals surface area contributed by atoms with Gasteiger partial charge in [0.25, 0.3) is 11.4 Å². The van der Waals surface area contributed by atoms with Crippen LogP contribution in [0.5, 0.6) is 11.5 Å². The molecule has 6 amide bonds. The standard InChI is InChI=1S/C17H16N6O8.C17H25N3O7S/c1-18-16(25)20-9-3-6-14(12(7-9)21-17(26)19-2)31-15(24)11-5-4-10(22(27)28)8-13(11)23(29)30;1-3-4-7-27-17(23)18-12-10-13(19-16(22)26-2)15(21)14(11-12)20-5-8-28(24,25)9-6-20/h3-8H,1-2H3,(H2,18,20,25)(H2,19,21,26);10-11,21H,3-9H2,1-2H3,(H,18,23)(H,19,22). The number of aromatic hydroxyl groups is 1. The quantitative estimate of drug-likeness (QED) is 0.0253. The van der Waals surface area contributed by atoms with Gasteiger partial charge in [-0.3, -0.25) is 30.9 Å². The number of rotatable bonds is 12. The van der Waals surface area contributed by atoms with Crippen molar-refractivity contribution in [2.45, 2.75) is 19.8 Å². The van der Waals surface area contributed by atoms with E-state index in [4.69, 9.17) is 9.47 Å². The third-order valence-corrected chi connectivity index (χ3v) is 9.53. The lowest BCUT2D eigenvalue weighted by molar-refractivity contribution is -0.394. The first-order valence-corrected chi connectivity index (χ1v) is 19.1. The van der Waals surface area contributed by atoms with E-state index >= 15 is 0 Å². The van der Waals surface area contributed by atoms with E-state index in [1.165, 1.54) is 51.5 Å². The first kappa shape index (κ1) is 45.9. The molecule has 0 bridgehead atoms. The molecule has 0 saturated carbocycles. The predicted octanol–water partition coefficient (Wildman–Crippen LogP) is 4.38. The van der Waals surface area contributed by atoms with Crippen molar-refractivity contribution in [3.63, 3.8) is 0 Å². The number of non-ortho nitro benzene ring substituents is 1. The molecule has 25 heteroatoms. The Morgan fingerprint density at radius 3 is 2.05 bits per heavy atom. The van der Waals surface area contributed by atoms with Crippen LogP contribution < -0.4 is 41.5 Å². The zero-order chi connectivity index (χ0) is 43.9. The van der Waals surface area contributed by atoms with Gasteiger partial charge in [-0.15, -0.1) is 0 Å². The molecule has 1 aliphatic heterocycles. The van der Waals surface area contributed by atoms with Crippen LogP contribution in [0.1, 0.15) is 30.1 Å². The number of anilines is 5. The minimum Gasteiger partial charge on any atom is -0.504 e. The number of nitro benzene ring substituents is 2. The number of methoxy groups -OCH3 is 1. The van der Waals surface area contributed by atoms with Crippen molar-refractivity contribution in [1.29, 1.82) is 0 Å². The molecule has 318 valence electrons. The van der Waals surface area contributed by atoms with Crippen LogP contribution in [-0.4, -0.2) is 106 Å². The van der Waals surface area contributed by atoms with E-state index < -0.39 is 66.8 Å². The predicted molar refractivity (Wildman–Crippen MR) is 212 cm³/mol. The maximum atomic E-state index is 12.5. The van der Waals surface area contributed by atoms with Crippen LogP contribution in [0.3, 0.4) is 0 Å². The third-order valence-electron chi connectivity index (χ3n) is 7.93. The Bertz CT molecular complexity index is 2190. The summed E-state index contributed by atoms with van der Waals surface area (Å²) in [4.78, 5) is 81.2. The second-order valence-electron chi connectivity index (χ2n) is 12.0. The summed E-state index contributed by atoms with van der Waals surface area (Å²) < 4.78 is 38.1. The normalized spacial score (nSPS) is 12.6. The number of phenols is 1. The van der Waals surface area contributed by atoms with Crippen LogP contribution in [0.15, 0.2) is 48.5 Å². The summed E-state index contributed by atoms with van der Waals surface area (Å²) in [6.07, 6.45) is 0.133. The fourth-order valence-corrected chi connectivity index (χ4v) is 6.09. The number of esters is 1. The molecular formula is C34H41N9O15S. The lowest BCUT2D eigenvalue weighted by atomic mass is 10.1. The lowest BCUT2D eigenvalue weighted by Gasteiger charge is -2.30. The summed E-state index contributed by atoms with van der Waals surface area (Å²) in [7, 11) is 0.798. The van der Waals surface area contributed by atoms with Crippen molar-refractivity contribution in [2.24, 2.45) is 0 Å². The number of hydrogen-bond acceptors (Lipinski definition) is 16. The average Bonchev–Trinajstić information content (AvgIpc) is 3.19. The number of sulfone groups is 1. The highest BCUT2D eigenvalue weighted by Gasteiger charge is 2.28. The van der Waals surface area contributed by atoms with Crippen molar-refractivity contribution in [3.05, 3.63) is 74.3 Å². The molecule has 0 aliphatic carbocycles. The highest BCUT2D eigenvalue weighted by atomic mass is 32.2. The summed E-state index contributed by atoms with van der Waals surface area (Å²) in [5, 5.41) is 47.0. The second kappa shape index (κ2) is 21.2. The summed E-state index contributed by atoms with van der Waals surface area (Å²) >= 11 is 0. The zero-order valence-corrected chi connectivity index (χ0v) is 32.8. The van der Waals surface area contributed by atoms with Crippen molar-refractivity contribution >= 4 is 79.9 Å². The van der Waals surface area contributed by atoms with Gasteiger partial charge in [0.15, 0.2) is 21.3 Å². The molecule has 0 spiro atoms. The maximum absolute atomic E-state index is 12.5. The Morgan fingerprint density at radius 2 is 1.46 bits per heavy atom. The number of phenolic OH excluding ortho intramolecular Hbond substituents is 1. The fraction of sp³-hybridized carbons (Fsp3) is 0.324. The van der Waals surface area contributed by atoms with Gasteiger partial charge < -0.3 is 45.5 Å². The van der Waals surface area contributed by atoms with Gasteiger partial charge in [0.05, 0.1) is 58.2 Å². The Morgan fingerprint density at radius 1 is 0.814 bits per heavy atom. The van der Waals surface area contributed by atoms with Crippen LogP contribution in [0.2, 0.25) is 0 Å². The van der Waals surface area contributed by atoms with Gasteiger partial charge in [0.2, 0.25) is 0 Å². The first-order valence-electron chi connectivity index (χ1n) is 17.3. The van der Waals surface area contributed by atoms with Crippen molar-refractivity contribution < 1.29 is 61.6 Å². The molecule has 3 aromatic carbocycles. The van der Waals surface area contributed by atoms with Gasteiger partial charge in [-0.05, 0) is 42.8 Å². The summed E-state index contributed by atoms with van der Waals surface area (Å²) in [6.45, 7) is 2.59. The molecule has 0 unspecified atom stereocenters. The number of benzene rings is 3. The van der Waals surface area contributed by atoms with Crippen LogP contribution >= 0.6 is 0 Å². The molecule has 1 heterocycles. The number of carbonyl (C=O) groups excluding carboxylic acids is 5. The fourth-order valence-electron chi connectivity index (χ4n) is 4.89. The van der Waals surface area contributed by atoms with E-state index in [1.807, 2.05) is 6.92 Å².